The van der Waals surface area contributed by atoms with Crippen LogP contribution in [0.5, 0.6) is 0 Å². The summed E-state index contributed by atoms with van der Waals surface area (Å²) >= 11 is 0. The van der Waals surface area contributed by atoms with Crippen LogP contribution in [0.4, 0.5) is 0 Å². The normalized spacial score (nSPS) is 26.8. The summed E-state index contributed by atoms with van der Waals surface area (Å²) in [5.41, 5.74) is 1.45. The van der Waals surface area contributed by atoms with Gasteiger partial charge in [-0.1, -0.05) is 43.7 Å². The Hall–Kier alpha value is -1.39. The molecular weight excluding hydrogens is 300 g/mol. The van der Waals surface area contributed by atoms with Crippen LogP contribution in [0.3, 0.4) is 0 Å². The van der Waals surface area contributed by atoms with Gasteiger partial charge in [-0.05, 0) is 36.8 Å². The summed E-state index contributed by atoms with van der Waals surface area (Å²) in [6.45, 7) is 6.32. The number of carbonyl (C=O) groups excluding carboxylic acids is 1. The van der Waals surface area contributed by atoms with Crippen molar-refractivity contribution in [2.24, 2.45) is 5.92 Å². The van der Waals surface area contributed by atoms with Gasteiger partial charge in [-0.15, -0.1) is 0 Å². The number of rotatable bonds is 6. The second-order valence-corrected chi connectivity index (χ2v) is 7.33. The van der Waals surface area contributed by atoms with Crippen molar-refractivity contribution in [2.75, 3.05) is 32.7 Å². The average Bonchev–Trinajstić information content (AvgIpc) is 3.00. The summed E-state index contributed by atoms with van der Waals surface area (Å²) in [5.74, 6) is 1.47. The summed E-state index contributed by atoms with van der Waals surface area (Å²) in [7, 11) is 0. The Bertz CT molecular complexity index is 534. The minimum Gasteiger partial charge on any atom is -0.390 e. The molecule has 0 spiro atoms. The third kappa shape index (κ3) is 4.17. The van der Waals surface area contributed by atoms with Crippen molar-refractivity contribution in [1.29, 1.82) is 0 Å². The van der Waals surface area contributed by atoms with E-state index in [1.165, 1.54) is 5.56 Å². The zero-order chi connectivity index (χ0) is 16.9. The molecule has 3 atom stereocenters. The van der Waals surface area contributed by atoms with Crippen LogP contribution >= 0.6 is 0 Å². The molecular formula is C20H30N2O2. The molecule has 24 heavy (non-hydrogen) atoms. The molecule has 2 heterocycles. The highest BCUT2D eigenvalue weighted by Gasteiger charge is 2.30. The van der Waals surface area contributed by atoms with Crippen molar-refractivity contribution in [2.45, 2.75) is 44.6 Å². The summed E-state index contributed by atoms with van der Waals surface area (Å²) in [6.07, 6.45) is 3.46. The van der Waals surface area contributed by atoms with Crippen LogP contribution in [0.25, 0.3) is 0 Å². The fourth-order valence-corrected chi connectivity index (χ4v) is 4.33. The van der Waals surface area contributed by atoms with Gasteiger partial charge in [-0.2, -0.15) is 0 Å². The number of likely N-dealkylation sites (tertiary alicyclic amines) is 2. The molecule has 2 aliphatic heterocycles. The maximum atomic E-state index is 11.7. The molecule has 2 aliphatic rings. The van der Waals surface area contributed by atoms with Gasteiger partial charge in [-0.25, -0.2) is 0 Å². The largest absolute Gasteiger partial charge is 0.390 e. The Balaban J connectivity index is 1.52. The van der Waals surface area contributed by atoms with Crippen molar-refractivity contribution < 1.29 is 9.90 Å². The Labute approximate surface area is 145 Å². The van der Waals surface area contributed by atoms with Crippen LogP contribution in [0.1, 0.15) is 44.1 Å². The smallest absolute Gasteiger partial charge is 0.222 e. The van der Waals surface area contributed by atoms with E-state index in [2.05, 4.69) is 42.2 Å². The highest BCUT2D eigenvalue weighted by Crippen LogP contribution is 2.34. The first-order valence-electron chi connectivity index (χ1n) is 9.40. The molecule has 3 rings (SSSR count). The summed E-state index contributed by atoms with van der Waals surface area (Å²) < 4.78 is 0. The number of β-amino-alcohol motifs (C(OH)–C–C–N with tert-alkyl or cyclic N) is 1. The summed E-state index contributed by atoms with van der Waals surface area (Å²) in [5, 5.41) is 10.4. The van der Waals surface area contributed by atoms with Crippen molar-refractivity contribution in [3.8, 4) is 0 Å². The maximum Gasteiger partial charge on any atom is 0.222 e. The first-order valence-corrected chi connectivity index (χ1v) is 9.40. The predicted molar refractivity (Wildman–Crippen MR) is 95.8 cm³/mol. The number of aliphatic hydroxyl groups is 1. The minimum atomic E-state index is -0.433. The van der Waals surface area contributed by atoms with Gasteiger partial charge in [0.15, 0.2) is 0 Å². The van der Waals surface area contributed by atoms with Crippen LogP contribution in [0.15, 0.2) is 30.3 Å². The number of amides is 1. The number of piperidine rings is 1. The zero-order valence-electron chi connectivity index (χ0n) is 14.7. The third-order valence-electron chi connectivity index (χ3n) is 5.64. The molecule has 1 amide bonds. The molecule has 2 fully saturated rings. The highest BCUT2D eigenvalue weighted by molar-refractivity contribution is 5.78. The molecule has 1 aromatic carbocycles. The highest BCUT2D eigenvalue weighted by atomic mass is 16.3. The molecule has 0 bridgehead atoms. The lowest BCUT2D eigenvalue weighted by atomic mass is 9.79. The van der Waals surface area contributed by atoms with E-state index in [9.17, 15) is 9.90 Å². The van der Waals surface area contributed by atoms with Crippen molar-refractivity contribution in [3.63, 3.8) is 0 Å². The van der Waals surface area contributed by atoms with Gasteiger partial charge in [0.05, 0.1) is 6.10 Å². The summed E-state index contributed by atoms with van der Waals surface area (Å²) in [4.78, 5) is 15.9. The number of carbonyl (C=O) groups is 1. The standard InChI is InChI=1S/C20H30N2O2/c1-2-16-13-21(12-10-19(16)17-7-4-3-5-8-17)14-18(23)15-22-11-6-9-20(22)24/h3-5,7-8,16,18-19,23H,2,6,9-15H2,1H3/t16-,18-,19-/m1/s1. The van der Waals surface area contributed by atoms with Gasteiger partial charge in [0, 0.05) is 32.6 Å². The Morgan fingerprint density at radius 2 is 2.00 bits per heavy atom. The van der Waals surface area contributed by atoms with E-state index in [0.29, 0.717) is 31.3 Å². The van der Waals surface area contributed by atoms with Crippen LogP contribution in [-0.2, 0) is 4.79 Å². The lowest BCUT2D eigenvalue weighted by Crippen LogP contribution is -2.46. The van der Waals surface area contributed by atoms with E-state index in [-0.39, 0.29) is 5.91 Å². The third-order valence-corrected chi connectivity index (χ3v) is 5.64. The second kappa shape index (κ2) is 8.13. The predicted octanol–water partition coefficient (Wildman–Crippen LogP) is 2.49. The first-order chi connectivity index (χ1) is 11.7. The minimum absolute atomic E-state index is 0.197. The molecule has 4 nitrogen and oxygen atoms in total. The SMILES string of the molecule is CC[C@@H]1CN(C[C@@H](O)CN2CCCC2=O)CC[C@H]1c1ccccc1. The fourth-order valence-electron chi connectivity index (χ4n) is 4.33. The van der Waals surface area contributed by atoms with Crippen molar-refractivity contribution in [1.82, 2.24) is 9.80 Å². The Morgan fingerprint density at radius 3 is 2.67 bits per heavy atom. The van der Waals surface area contributed by atoms with Crippen LogP contribution < -0.4 is 0 Å². The molecule has 0 unspecified atom stereocenters. The molecule has 132 valence electrons. The van der Waals surface area contributed by atoms with Crippen molar-refractivity contribution in [3.05, 3.63) is 35.9 Å². The van der Waals surface area contributed by atoms with Crippen LogP contribution in [0, 0.1) is 5.92 Å². The van der Waals surface area contributed by atoms with Crippen LogP contribution in [-0.4, -0.2) is 59.6 Å². The van der Waals surface area contributed by atoms with E-state index in [4.69, 9.17) is 0 Å². The lowest BCUT2D eigenvalue weighted by molar-refractivity contribution is -0.129. The van der Waals surface area contributed by atoms with Gasteiger partial charge < -0.3 is 14.9 Å². The van der Waals surface area contributed by atoms with E-state index in [1.807, 2.05) is 4.90 Å². The van der Waals surface area contributed by atoms with E-state index in [0.717, 1.165) is 38.9 Å². The van der Waals surface area contributed by atoms with Crippen molar-refractivity contribution >= 4 is 5.91 Å². The average molecular weight is 330 g/mol. The quantitative estimate of drug-likeness (QED) is 0.871. The first kappa shape index (κ1) is 17.4. The zero-order valence-corrected chi connectivity index (χ0v) is 14.7. The molecule has 0 radical (unpaired) electrons. The number of benzene rings is 1. The van der Waals surface area contributed by atoms with Gasteiger partial charge in [0.25, 0.3) is 0 Å². The molecule has 1 N–H and O–H groups in total. The molecule has 4 heteroatoms. The van der Waals surface area contributed by atoms with Gasteiger partial charge in [0.1, 0.15) is 0 Å². The number of hydrogen-bond donors (Lipinski definition) is 1. The van der Waals surface area contributed by atoms with Gasteiger partial charge in [0.2, 0.25) is 5.91 Å². The molecule has 0 aromatic heterocycles. The molecule has 1 aromatic rings. The topological polar surface area (TPSA) is 43.8 Å². The Kier molecular flexibility index (Phi) is 5.90. The van der Waals surface area contributed by atoms with Gasteiger partial charge in [-0.3, -0.25) is 4.79 Å². The van der Waals surface area contributed by atoms with Gasteiger partial charge >= 0.3 is 0 Å². The molecule has 0 saturated carbocycles. The van der Waals surface area contributed by atoms with E-state index < -0.39 is 6.10 Å². The number of nitrogens with zero attached hydrogens (tertiary/aromatic N) is 2. The maximum absolute atomic E-state index is 11.7. The molecule has 0 aliphatic carbocycles. The summed E-state index contributed by atoms with van der Waals surface area (Å²) in [6, 6.07) is 10.8. The lowest BCUT2D eigenvalue weighted by Gasteiger charge is -2.39. The second-order valence-electron chi connectivity index (χ2n) is 7.33. The molecule has 2 saturated heterocycles. The monoisotopic (exact) mass is 330 g/mol. The fraction of sp³-hybridized carbons (Fsp3) is 0.650. The van der Waals surface area contributed by atoms with Crippen LogP contribution in [0.2, 0.25) is 0 Å². The van der Waals surface area contributed by atoms with E-state index in [1.54, 1.807) is 0 Å². The number of aliphatic hydroxyl groups excluding tert-OH is 1. The van der Waals surface area contributed by atoms with E-state index >= 15 is 0 Å². The number of hydrogen-bond acceptors (Lipinski definition) is 3. The Morgan fingerprint density at radius 1 is 1.21 bits per heavy atom.